The van der Waals surface area contributed by atoms with Crippen molar-refractivity contribution < 1.29 is 4.79 Å². The molecule has 0 N–H and O–H groups in total. The maximum atomic E-state index is 11.8. The number of likely N-dealkylation sites (N-methyl/N-ethyl adjacent to an activating group) is 1. The quantitative estimate of drug-likeness (QED) is 0.605. The highest BCUT2D eigenvalue weighted by Gasteiger charge is 2.11. The molecule has 17 heavy (non-hydrogen) atoms. The van der Waals surface area contributed by atoms with Gasteiger partial charge in [0.05, 0.1) is 10.7 Å². The Balaban J connectivity index is 2.88. The zero-order chi connectivity index (χ0) is 12.8. The highest BCUT2D eigenvalue weighted by Crippen LogP contribution is 2.28. The Hall–Kier alpha value is -1.06. The topological polar surface area (TPSA) is 20.3 Å². The molecule has 4 heteroatoms. The van der Waals surface area contributed by atoms with Gasteiger partial charge in [0, 0.05) is 17.6 Å². The van der Waals surface area contributed by atoms with Crippen molar-refractivity contribution in [3.8, 4) is 0 Å². The molecule has 0 spiro atoms. The molecule has 0 saturated heterocycles. The summed E-state index contributed by atoms with van der Waals surface area (Å²) in [7, 11) is 1.69. The van der Waals surface area contributed by atoms with Gasteiger partial charge < -0.3 is 4.90 Å². The number of anilines is 1. The summed E-state index contributed by atoms with van der Waals surface area (Å²) in [4.78, 5) is 13.3. The van der Waals surface area contributed by atoms with Crippen LogP contribution in [-0.2, 0) is 4.79 Å². The Labute approximate surface area is 115 Å². The van der Waals surface area contributed by atoms with E-state index in [9.17, 15) is 4.79 Å². The summed E-state index contributed by atoms with van der Waals surface area (Å²) in [6, 6.07) is 5.41. The van der Waals surface area contributed by atoms with E-state index in [1.165, 1.54) is 11.0 Å². The number of halogens is 2. The molecule has 0 bridgehead atoms. The monoisotopic (exact) mass is 313 g/mol. The van der Waals surface area contributed by atoms with E-state index in [1.54, 1.807) is 31.3 Å². The number of carbonyl (C=O) groups excluding carboxylic acids is 1. The minimum atomic E-state index is -0.118. The molecule has 0 aliphatic rings. The lowest BCUT2D eigenvalue weighted by Crippen LogP contribution is -2.24. The van der Waals surface area contributed by atoms with Crippen LogP contribution >= 0.6 is 27.5 Å². The van der Waals surface area contributed by atoms with Crippen LogP contribution in [0.2, 0.25) is 5.02 Å². The van der Waals surface area contributed by atoms with Gasteiger partial charge >= 0.3 is 0 Å². The summed E-state index contributed by atoms with van der Waals surface area (Å²) in [5, 5.41) is 0.537. The standard InChI is InChI=1S/C13H13BrClNO/c1-3-4-5-6-13(17)16(2)12-8-7-10(14)9-11(12)15/h3-9H,1-2H3/b4-3+,6-5+. The molecular formula is C13H13BrClNO. The highest BCUT2D eigenvalue weighted by atomic mass is 79.9. The van der Waals surface area contributed by atoms with Crippen molar-refractivity contribution >= 4 is 39.1 Å². The Bertz CT molecular complexity index is 468. The van der Waals surface area contributed by atoms with E-state index in [0.29, 0.717) is 10.7 Å². The number of amides is 1. The third kappa shape index (κ3) is 4.02. The molecule has 90 valence electrons. The Morgan fingerprint density at radius 3 is 2.71 bits per heavy atom. The molecule has 0 aliphatic carbocycles. The summed E-state index contributed by atoms with van der Waals surface area (Å²) in [6.07, 6.45) is 6.86. The normalized spacial score (nSPS) is 11.3. The fraction of sp³-hybridized carbons (Fsp3) is 0.154. The number of rotatable bonds is 3. The Morgan fingerprint density at radius 2 is 2.12 bits per heavy atom. The van der Waals surface area contributed by atoms with Gasteiger partial charge in [-0.25, -0.2) is 0 Å². The molecule has 2 nitrogen and oxygen atoms in total. The molecule has 0 atom stereocenters. The number of allylic oxidation sites excluding steroid dienone is 3. The molecule has 1 amide bonds. The predicted molar refractivity (Wildman–Crippen MR) is 76.5 cm³/mol. The van der Waals surface area contributed by atoms with E-state index in [0.717, 1.165) is 4.47 Å². The molecule has 1 aromatic carbocycles. The van der Waals surface area contributed by atoms with Crippen molar-refractivity contribution in [3.63, 3.8) is 0 Å². The van der Waals surface area contributed by atoms with E-state index in [4.69, 9.17) is 11.6 Å². The van der Waals surface area contributed by atoms with Crippen LogP contribution in [0.25, 0.3) is 0 Å². The van der Waals surface area contributed by atoms with Gasteiger partial charge in [0.15, 0.2) is 0 Å². The average Bonchev–Trinajstić information content (AvgIpc) is 2.28. The molecule has 0 radical (unpaired) electrons. The third-order valence-electron chi connectivity index (χ3n) is 2.14. The SMILES string of the molecule is C/C=C/C=C/C(=O)N(C)c1ccc(Br)cc1Cl. The highest BCUT2D eigenvalue weighted by molar-refractivity contribution is 9.10. The molecule has 1 rings (SSSR count). The summed E-state index contributed by atoms with van der Waals surface area (Å²) < 4.78 is 0.886. The van der Waals surface area contributed by atoms with Gasteiger partial charge in [-0.1, -0.05) is 45.8 Å². The molecule has 0 fully saturated rings. The molecule has 0 aliphatic heterocycles. The number of carbonyl (C=O) groups is 1. The summed E-state index contributed by atoms with van der Waals surface area (Å²) in [5.74, 6) is -0.118. The van der Waals surface area contributed by atoms with E-state index in [-0.39, 0.29) is 5.91 Å². The van der Waals surface area contributed by atoms with E-state index in [2.05, 4.69) is 15.9 Å². The number of hydrogen-bond donors (Lipinski definition) is 0. The van der Waals surface area contributed by atoms with E-state index in [1.807, 2.05) is 19.1 Å². The van der Waals surface area contributed by atoms with Crippen LogP contribution in [0.15, 0.2) is 47.0 Å². The van der Waals surface area contributed by atoms with Crippen molar-refractivity contribution in [2.75, 3.05) is 11.9 Å². The zero-order valence-electron chi connectivity index (χ0n) is 9.65. The minimum Gasteiger partial charge on any atom is -0.310 e. The Kier molecular flexibility index (Phi) is 5.45. The molecule has 0 saturated carbocycles. The van der Waals surface area contributed by atoms with Crippen LogP contribution in [0.3, 0.4) is 0 Å². The Morgan fingerprint density at radius 1 is 1.41 bits per heavy atom. The van der Waals surface area contributed by atoms with Gasteiger partial charge in [0.1, 0.15) is 0 Å². The maximum Gasteiger partial charge on any atom is 0.250 e. The average molecular weight is 315 g/mol. The first-order valence-corrected chi connectivity index (χ1v) is 6.25. The van der Waals surface area contributed by atoms with Crippen LogP contribution in [-0.4, -0.2) is 13.0 Å². The first-order chi connectivity index (χ1) is 8.06. The maximum absolute atomic E-state index is 11.8. The second-order valence-corrected chi connectivity index (χ2v) is 4.70. The van der Waals surface area contributed by atoms with Gasteiger partial charge in [-0.15, -0.1) is 0 Å². The van der Waals surface area contributed by atoms with Crippen molar-refractivity contribution in [3.05, 3.63) is 52.0 Å². The molecule has 0 heterocycles. The molecule has 0 aromatic heterocycles. The predicted octanol–water partition coefficient (Wildman–Crippen LogP) is 4.20. The van der Waals surface area contributed by atoms with E-state index < -0.39 is 0 Å². The van der Waals surface area contributed by atoms with Crippen LogP contribution < -0.4 is 4.90 Å². The minimum absolute atomic E-state index is 0.118. The van der Waals surface area contributed by atoms with Crippen LogP contribution in [0.4, 0.5) is 5.69 Å². The molecule has 0 unspecified atom stereocenters. The zero-order valence-corrected chi connectivity index (χ0v) is 12.0. The van der Waals surface area contributed by atoms with E-state index >= 15 is 0 Å². The fourth-order valence-corrected chi connectivity index (χ4v) is 2.03. The number of benzene rings is 1. The summed E-state index contributed by atoms with van der Waals surface area (Å²) in [6.45, 7) is 1.89. The fourth-order valence-electron chi connectivity index (χ4n) is 1.23. The van der Waals surface area contributed by atoms with Gasteiger partial charge in [-0.3, -0.25) is 4.79 Å². The lowest BCUT2D eigenvalue weighted by atomic mass is 10.3. The van der Waals surface area contributed by atoms with Crippen molar-refractivity contribution in [1.29, 1.82) is 0 Å². The smallest absolute Gasteiger partial charge is 0.250 e. The molecular weight excluding hydrogens is 302 g/mol. The molecule has 1 aromatic rings. The first-order valence-electron chi connectivity index (χ1n) is 5.08. The van der Waals surface area contributed by atoms with Crippen LogP contribution in [0.1, 0.15) is 6.92 Å². The van der Waals surface area contributed by atoms with Gasteiger partial charge in [-0.2, -0.15) is 0 Å². The van der Waals surface area contributed by atoms with Gasteiger partial charge in [0.2, 0.25) is 0 Å². The van der Waals surface area contributed by atoms with Gasteiger partial charge in [-0.05, 0) is 25.1 Å². The first kappa shape index (κ1) is 14.0. The summed E-state index contributed by atoms with van der Waals surface area (Å²) >= 11 is 9.39. The van der Waals surface area contributed by atoms with Crippen molar-refractivity contribution in [2.45, 2.75) is 6.92 Å². The number of hydrogen-bond acceptors (Lipinski definition) is 1. The van der Waals surface area contributed by atoms with Gasteiger partial charge in [0.25, 0.3) is 5.91 Å². The number of nitrogens with zero attached hydrogens (tertiary/aromatic N) is 1. The second-order valence-electron chi connectivity index (χ2n) is 3.38. The van der Waals surface area contributed by atoms with Crippen LogP contribution in [0.5, 0.6) is 0 Å². The third-order valence-corrected chi connectivity index (χ3v) is 2.94. The van der Waals surface area contributed by atoms with Crippen molar-refractivity contribution in [1.82, 2.24) is 0 Å². The van der Waals surface area contributed by atoms with Crippen molar-refractivity contribution in [2.24, 2.45) is 0 Å². The lowest BCUT2D eigenvalue weighted by molar-refractivity contribution is -0.113. The second kappa shape index (κ2) is 6.62. The largest absolute Gasteiger partial charge is 0.310 e. The lowest BCUT2D eigenvalue weighted by Gasteiger charge is -2.16. The van der Waals surface area contributed by atoms with Crippen LogP contribution in [0, 0.1) is 0 Å². The summed E-state index contributed by atoms with van der Waals surface area (Å²) in [5.41, 5.74) is 0.685.